The number of thiophene rings is 1. The van der Waals surface area contributed by atoms with Crippen LogP contribution in [0, 0.1) is 0 Å². The van der Waals surface area contributed by atoms with E-state index in [4.69, 9.17) is 4.74 Å². The fourth-order valence-corrected chi connectivity index (χ4v) is 5.13. The minimum atomic E-state index is -0.244. The first-order valence-corrected chi connectivity index (χ1v) is 12.6. The van der Waals surface area contributed by atoms with Gasteiger partial charge in [-0.1, -0.05) is 54.6 Å². The minimum Gasteiger partial charge on any atom is -0.494 e. The van der Waals surface area contributed by atoms with Crippen LogP contribution in [0.4, 0.5) is 10.5 Å². The lowest BCUT2D eigenvalue weighted by molar-refractivity contribution is 0.252. The highest BCUT2D eigenvalue weighted by Gasteiger charge is 2.20. The van der Waals surface area contributed by atoms with Gasteiger partial charge < -0.3 is 19.9 Å². The molecular formula is C29H27N3O2S. The maximum atomic E-state index is 12.8. The van der Waals surface area contributed by atoms with E-state index in [0.717, 1.165) is 40.1 Å². The summed E-state index contributed by atoms with van der Waals surface area (Å²) in [5, 5.41) is 9.23. The van der Waals surface area contributed by atoms with E-state index in [2.05, 4.69) is 81.2 Å². The highest BCUT2D eigenvalue weighted by Crippen LogP contribution is 2.36. The van der Waals surface area contributed by atoms with E-state index in [1.54, 1.807) is 11.3 Å². The lowest BCUT2D eigenvalue weighted by Gasteiger charge is -2.13. The van der Waals surface area contributed by atoms with E-state index in [-0.39, 0.29) is 6.03 Å². The van der Waals surface area contributed by atoms with Gasteiger partial charge in [0, 0.05) is 35.2 Å². The van der Waals surface area contributed by atoms with E-state index < -0.39 is 0 Å². The molecule has 176 valence electrons. The van der Waals surface area contributed by atoms with Crippen LogP contribution in [0.2, 0.25) is 0 Å². The Labute approximate surface area is 209 Å². The number of para-hydroxylation sites is 1. The first-order chi connectivity index (χ1) is 17.2. The summed E-state index contributed by atoms with van der Waals surface area (Å²) in [7, 11) is 0. The Kier molecular flexibility index (Phi) is 6.82. The van der Waals surface area contributed by atoms with Crippen molar-refractivity contribution in [1.82, 2.24) is 9.88 Å². The molecule has 0 bridgehead atoms. The summed E-state index contributed by atoms with van der Waals surface area (Å²) in [6, 6.07) is 30.2. The Bertz CT molecular complexity index is 1410. The molecule has 0 atom stereocenters. The smallest absolute Gasteiger partial charge is 0.319 e. The summed E-state index contributed by atoms with van der Waals surface area (Å²) < 4.78 is 7.83. The standard InChI is InChI=1S/C29H27N3O2S/c1-2-34-23-16-14-22(15-17-23)31-29(33)30-19-25-24-11-6-7-12-26(24)32(20-21-9-4-3-5-10-21)28(25)27-13-8-18-35-27/h3-18H,2,19-20H2,1H3,(H2,30,31,33). The molecule has 0 unspecified atom stereocenters. The fraction of sp³-hybridized carbons (Fsp3) is 0.138. The molecule has 0 saturated heterocycles. The number of hydrogen-bond donors (Lipinski definition) is 2. The number of aromatic nitrogens is 1. The van der Waals surface area contributed by atoms with E-state index in [1.165, 1.54) is 10.4 Å². The number of rotatable bonds is 8. The van der Waals surface area contributed by atoms with Crippen molar-refractivity contribution < 1.29 is 9.53 Å². The second-order valence-electron chi connectivity index (χ2n) is 8.16. The zero-order chi connectivity index (χ0) is 24.0. The number of anilines is 1. The predicted molar refractivity (Wildman–Crippen MR) is 144 cm³/mol. The maximum absolute atomic E-state index is 12.8. The molecule has 2 heterocycles. The first kappa shape index (κ1) is 22.7. The van der Waals surface area contributed by atoms with Crippen LogP contribution in [0.1, 0.15) is 18.1 Å². The average molecular weight is 482 g/mol. The van der Waals surface area contributed by atoms with Crippen molar-refractivity contribution in [3.63, 3.8) is 0 Å². The van der Waals surface area contributed by atoms with Crippen molar-refractivity contribution in [2.75, 3.05) is 11.9 Å². The van der Waals surface area contributed by atoms with Gasteiger partial charge in [0.05, 0.1) is 17.2 Å². The number of amides is 2. The van der Waals surface area contributed by atoms with Crippen molar-refractivity contribution in [1.29, 1.82) is 0 Å². The number of fused-ring (bicyclic) bond motifs is 1. The Hall–Kier alpha value is -4.03. The van der Waals surface area contributed by atoms with Crippen LogP contribution in [-0.4, -0.2) is 17.2 Å². The fourth-order valence-electron chi connectivity index (χ4n) is 4.32. The molecule has 0 spiro atoms. The zero-order valence-electron chi connectivity index (χ0n) is 19.5. The van der Waals surface area contributed by atoms with Crippen molar-refractivity contribution in [2.24, 2.45) is 0 Å². The van der Waals surface area contributed by atoms with Gasteiger partial charge in [-0.2, -0.15) is 0 Å². The Morgan fingerprint density at radius 3 is 2.43 bits per heavy atom. The van der Waals surface area contributed by atoms with E-state index >= 15 is 0 Å². The van der Waals surface area contributed by atoms with Crippen LogP contribution in [0.3, 0.4) is 0 Å². The van der Waals surface area contributed by atoms with Crippen LogP contribution >= 0.6 is 11.3 Å². The lowest BCUT2D eigenvalue weighted by Crippen LogP contribution is -2.28. The first-order valence-electron chi connectivity index (χ1n) is 11.7. The van der Waals surface area contributed by atoms with Gasteiger partial charge in [-0.3, -0.25) is 0 Å². The summed E-state index contributed by atoms with van der Waals surface area (Å²) in [6.45, 7) is 3.73. The number of benzene rings is 3. The quantitative estimate of drug-likeness (QED) is 0.247. The predicted octanol–water partition coefficient (Wildman–Crippen LogP) is 7.14. The Morgan fingerprint density at radius 2 is 1.69 bits per heavy atom. The highest BCUT2D eigenvalue weighted by molar-refractivity contribution is 7.13. The molecule has 0 aliphatic rings. The molecule has 0 saturated carbocycles. The summed E-state index contributed by atoms with van der Waals surface area (Å²) in [5.41, 5.74) is 5.37. The monoisotopic (exact) mass is 481 g/mol. The largest absolute Gasteiger partial charge is 0.494 e. The number of nitrogens with one attached hydrogen (secondary N) is 2. The Morgan fingerprint density at radius 1 is 0.914 bits per heavy atom. The molecule has 0 radical (unpaired) electrons. The van der Waals surface area contributed by atoms with Crippen molar-refractivity contribution in [3.8, 4) is 16.3 Å². The highest BCUT2D eigenvalue weighted by atomic mass is 32.1. The van der Waals surface area contributed by atoms with Gasteiger partial charge in [-0.25, -0.2) is 4.79 Å². The summed E-state index contributed by atoms with van der Waals surface area (Å²) in [6.07, 6.45) is 0. The van der Waals surface area contributed by atoms with Gasteiger partial charge in [0.25, 0.3) is 0 Å². The minimum absolute atomic E-state index is 0.244. The van der Waals surface area contributed by atoms with Crippen LogP contribution in [-0.2, 0) is 13.1 Å². The van der Waals surface area contributed by atoms with Gasteiger partial charge in [0.15, 0.2) is 0 Å². The lowest BCUT2D eigenvalue weighted by atomic mass is 10.1. The topological polar surface area (TPSA) is 55.3 Å². The van der Waals surface area contributed by atoms with Crippen LogP contribution in [0.5, 0.6) is 5.75 Å². The van der Waals surface area contributed by atoms with Crippen LogP contribution < -0.4 is 15.4 Å². The van der Waals surface area contributed by atoms with Crippen LogP contribution in [0.25, 0.3) is 21.5 Å². The van der Waals surface area contributed by atoms with Gasteiger partial charge in [0.1, 0.15) is 5.75 Å². The van der Waals surface area contributed by atoms with Gasteiger partial charge >= 0.3 is 6.03 Å². The molecule has 6 heteroatoms. The second kappa shape index (κ2) is 10.5. The molecule has 35 heavy (non-hydrogen) atoms. The average Bonchev–Trinajstić information content (AvgIpc) is 3.51. The molecule has 5 aromatic rings. The second-order valence-corrected chi connectivity index (χ2v) is 9.11. The zero-order valence-corrected chi connectivity index (χ0v) is 20.3. The molecular weight excluding hydrogens is 454 g/mol. The maximum Gasteiger partial charge on any atom is 0.319 e. The van der Waals surface area contributed by atoms with Crippen molar-refractivity contribution in [3.05, 3.63) is 108 Å². The normalized spacial score (nSPS) is 10.9. The van der Waals surface area contributed by atoms with Gasteiger partial charge in [0.2, 0.25) is 0 Å². The molecule has 2 N–H and O–H groups in total. The number of urea groups is 1. The molecule has 5 rings (SSSR count). The Balaban J connectivity index is 1.44. The number of carbonyl (C=O) groups is 1. The summed E-state index contributed by atoms with van der Waals surface area (Å²) >= 11 is 1.71. The molecule has 2 aromatic heterocycles. The molecule has 5 nitrogen and oxygen atoms in total. The third-order valence-electron chi connectivity index (χ3n) is 5.86. The molecule has 2 amide bonds. The molecule has 0 aliphatic carbocycles. The van der Waals surface area contributed by atoms with Crippen molar-refractivity contribution in [2.45, 2.75) is 20.0 Å². The molecule has 3 aromatic carbocycles. The number of nitrogens with zero attached hydrogens (tertiary/aromatic N) is 1. The van der Waals surface area contributed by atoms with Gasteiger partial charge in [-0.15, -0.1) is 11.3 Å². The third kappa shape index (κ3) is 5.08. The summed E-state index contributed by atoms with van der Waals surface area (Å²) in [4.78, 5) is 14.0. The van der Waals surface area contributed by atoms with Crippen molar-refractivity contribution >= 4 is 34.0 Å². The van der Waals surface area contributed by atoms with Gasteiger partial charge in [-0.05, 0) is 54.3 Å². The third-order valence-corrected chi connectivity index (χ3v) is 6.74. The number of hydrogen-bond acceptors (Lipinski definition) is 3. The number of carbonyl (C=O) groups excluding carboxylic acids is 1. The van der Waals surface area contributed by atoms with E-state index in [9.17, 15) is 4.79 Å². The van der Waals surface area contributed by atoms with E-state index in [0.29, 0.717) is 13.2 Å². The van der Waals surface area contributed by atoms with Crippen LogP contribution in [0.15, 0.2) is 96.4 Å². The molecule has 0 aliphatic heterocycles. The SMILES string of the molecule is CCOc1ccc(NC(=O)NCc2c(-c3cccs3)n(Cc3ccccc3)c3ccccc23)cc1. The number of ether oxygens (including phenoxy) is 1. The molecule has 0 fully saturated rings. The summed E-state index contributed by atoms with van der Waals surface area (Å²) in [5.74, 6) is 0.783. The van der Waals surface area contributed by atoms with E-state index in [1.807, 2.05) is 37.3 Å².